The predicted octanol–water partition coefficient (Wildman–Crippen LogP) is 3.83. The maximum Gasteiger partial charge on any atom is 0.269 e. The van der Waals surface area contributed by atoms with Crippen molar-refractivity contribution in [3.05, 3.63) is 64.2 Å². The van der Waals surface area contributed by atoms with E-state index in [2.05, 4.69) is 15.5 Å². The molecule has 1 amide bonds. The van der Waals surface area contributed by atoms with E-state index in [-0.39, 0.29) is 28.6 Å². The molecule has 2 N–H and O–H groups in total. The van der Waals surface area contributed by atoms with Crippen molar-refractivity contribution in [2.45, 2.75) is 63.1 Å². The Morgan fingerprint density at radius 2 is 1.74 bits per heavy atom. The number of hydrogen-bond acceptors (Lipinski definition) is 6. The second kappa shape index (κ2) is 11.3. The fourth-order valence-electron chi connectivity index (χ4n) is 5.13. The molecule has 4 rings (SSSR count). The van der Waals surface area contributed by atoms with E-state index >= 15 is 0 Å². The van der Waals surface area contributed by atoms with Crippen molar-refractivity contribution in [3.63, 3.8) is 0 Å². The highest BCUT2D eigenvalue weighted by Gasteiger charge is 2.30. The number of hydrogen-bond donors (Lipinski definition) is 2. The fourth-order valence-corrected chi connectivity index (χ4v) is 5.13. The van der Waals surface area contributed by atoms with Gasteiger partial charge in [-0.15, -0.1) is 0 Å². The normalized spacial score (nSPS) is 22.7. The summed E-state index contributed by atoms with van der Waals surface area (Å²) in [6, 6.07) is 15.2. The van der Waals surface area contributed by atoms with E-state index in [9.17, 15) is 14.9 Å². The smallest absolute Gasteiger partial charge is 0.269 e. The lowest BCUT2D eigenvalue weighted by Crippen LogP contribution is -2.57. The quantitative estimate of drug-likeness (QED) is 0.453. The molecule has 0 radical (unpaired) electrons. The molecule has 2 aromatic rings. The second-order valence-electron chi connectivity index (χ2n) is 9.32. The molecule has 1 unspecified atom stereocenters. The highest BCUT2D eigenvalue weighted by Crippen LogP contribution is 2.25. The first-order chi connectivity index (χ1) is 16.5. The Bertz CT molecular complexity index is 964. The van der Waals surface area contributed by atoms with Crippen LogP contribution < -0.4 is 20.3 Å². The summed E-state index contributed by atoms with van der Waals surface area (Å²) >= 11 is 0. The zero-order valence-electron chi connectivity index (χ0n) is 19.7. The SMILES string of the molecule is COc1ccc(CC(=O)N[C@@H]2CCCC[C@H]2NC2CCCN(c3ccc([N+](=O)[O-])cc3)C2)cc1. The third-order valence-electron chi connectivity index (χ3n) is 6.93. The Morgan fingerprint density at radius 1 is 1.03 bits per heavy atom. The van der Waals surface area contributed by atoms with E-state index in [1.807, 2.05) is 36.4 Å². The van der Waals surface area contributed by atoms with Gasteiger partial charge in [-0.2, -0.15) is 0 Å². The van der Waals surface area contributed by atoms with Gasteiger partial charge in [0.05, 0.1) is 18.5 Å². The summed E-state index contributed by atoms with van der Waals surface area (Å²) in [7, 11) is 1.63. The summed E-state index contributed by atoms with van der Waals surface area (Å²) < 4.78 is 5.19. The van der Waals surface area contributed by atoms with Crippen LogP contribution in [0.2, 0.25) is 0 Å². The average Bonchev–Trinajstić information content (AvgIpc) is 2.86. The molecule has 0 bridgehead atoms. The summed E-state index contributed by atoms with van der Waals surface area (Å²) in [5, 5.41) is 18.1. The van der Waals surface area contributed by atoms with Gasteiger partial charge in [0.15, 0.2) is 0 Å². The van der Waals surface area contributed by atoms with E-state index < -0.39 is 0 Å². The van der Waals surface area contributed by atoms with Crippen LogP contribution in [0.15, 0.2) is 48.5 Å². The second-order valence-corrected chi connectivity index (χ2v) is 9.32. The Hall–Kier alpha value is -3.13. The average molecular weight is 467 g/mol. The molecule has 2 fully saturated rings. The third kappa shape index (κ3) is 6.26. The lowest BCUT2D eigenvalue weighted by atomic mass is 9.88. The zero-order valence-corrected chi connectivity index (χ0v) is 19.7. The van der Waals surface area contributed by atoms with Crippen LogP contribution in [0, 0.1) is 10.1 Å². The Kier molecular flexibility index (Phi) is 8.00. The molecular formula is C26H34N4O4. The summed E-state index contributed by atoms with van der Waals surface area (Å²) in [6.07, 6.45) is 6.87. The number of carbonyl (C=O) groups is 1. The molecule has 8 heteroatoms. The minimum absolute atomic E-state index is 0.0556. The number of piperidine rings is 1. The predicted molar refractivity (Wildman–Crippen MR) is 132 cm³/mol. The van der Waals surface area contributed by atoms with Crippen LogP contribution in [0.25, 0.3) is 0 Å². The van der Waals surface area contributed by atoms with E-state index in [0.717, 1.165) is 62.2 Å². The lowest BCUT2D eigenvalue weighted by Gasteiger charge is -2.40. The van der Waals surface area contributed by atoms with E-state index in [0.29, 0.717) is 12.5 Å². The van der Waals surface area contributed by atoms with Crippen LogP contribution in [0.3, 0.4) is 0 Å². The van der Waals surface area contributed by atoms with Gasteiger partial charge in [-0.3, -0.25) is 14.9 Å². The zero-order chi connectivity index (χ0) is 23.9. The Morgan fingerprint density at radius 3 is 2.41 bits per heavy atom. The van der Waals surface area contributed by atoms with Gasteiger partial charge in [-0.25, -0.2) is 0 Å². The number of methoxy groups -OCH3 is 1. The number of benzene rings is 2. The van der Waals surface area contributed by atoms with Crippen LogP contribution in [0.5, 0.6) is 5.75 Å². The van der Waals surface area contributed by atoms with Crippen molar-refractivity contribution < 1.29 is 14.5 Å². The first-order valence-electron chi connectivity index (χ1n) is 12.2. The number of ether oxygens (including phenoxy) is 1. The van der Waals surface area contributed by atoms with Crippen molar-refractivity contribution in [3.8, 4) is 5.75 Å². The minimum Gasteiger partial charge on any atom is -0.497 e. The molecule has 1 saturated carbocycles. The van der Waals surface area contributed by atoms with Gasteiger partial charge in [0.2, 0.25) is 5.91 Å². The molecule has 1 aliphatic heterocycles. The van der Waals surface area contributed by atoms with Crippen LogP contribution in [-0.4, -0.2) is 49.2 Å². The molecule has 2 aromatic carbocycles. The number of amides is 1. The molecule has 1 aliphatic carbocycles. The number of anilines is 1. The van der Waals surface area contributed by atoms with E-state index in [4.69, 9.17) is 4.74 Å². The molecule has 0 aromatic heterocycles. The molecular weight excluding hydrogens is 432 g/mol. The largest absolute Gasteiger partial charge is 0.497 e. The van der Waals surface area contributed by atoms with E-state index in [1.54, 1.807) is 19.2 Å². The van der Waals surface area contributed by atoms with Crippen LogP contribution in [-0.2, 0) is 11.2 Å². The standard InChI is InChI=1S/C26H34N4O4/c1-34-23-14-8-19(9-15-23)17-26(31)28-25-7-3-2-6-24(25)27-20-5-4-16-29(18-20)21-10-12-22(13-11-21)30(32)33/h8-15,20,24-25,27H,2-7,16-18H2,1H3,(H,28,31)/t20?,24-,25-/m1/s1. The number of nitrogens with zero attached hydrogens (tertiary/aromatic N) is 2. The Labute approximate surface area is 200 Å². The minimum atomic E-state index is -0.365. The van der Waals surface area contributed by atoms with Gasteiger partial charge >= 0.3 is 0 Å². The van der Waals surface area contributed by atoms with Crippen molar-refractivity contribution in [1.29, 1.82) is 0 Å². The molecule has 34 heavy (non-hydrogen) atoms. The summed E-state index contributed by atoms with van der Waals surface area (Å²) in [6.45, 7) is 1.81. The molecule has 0 spiro atoms. The molecule has 1 saturated heterocycles. The van der Waals surface area contributed by atoms with Crippen molar-refractivity contribution in [2.75, 3.05) is 25.1 Å². The molecule has 1 heterocycles. The molecule has 182 valence electrons. The highest BCUT2D eigenvalue weighted by atomic mass is 16.6. The number of non-ortho nitro benzene ring substituents is 1. The van der Waals surface area contributed by atoms with Crippen molar-refractivity contribution >= 4 is 17.3 Å². The first kappa shape index (κ1) is 24.0. The van der Waals surface area contributed by atoms with Crippen LogP contribution >= 0.6 is 0 Å². The van der Waals surface area contributed by atoms with E-state index in [1.165, 1.54) is 6.42 Å². The summed E-state index contributed by atoms with van der Waals surface area (Å²) in [5.74, 6) is 0.843. The maximum absolute atomic E-state index is 12.8. The Balaban J connectivity index is 1.32. The third-order valence-corrected chi connectivity index (χ3v) is 6.93. The number of nitrogens with one attached hydrogen (secondary N) is 2. The summed E-state index contributed by atoms with van der Waals surface area (Å²) in [4.78, 5) is 25.6. The van der Waals surface area contributed by atoms with Crippen LogP contribution in [0.4, 0.5) is 11.4 Å². The lowest BCUT2D eigenvalue weighted by molar-refractivity contribution is -0.384. The maximum atomic E-state index is 12.8. The molecule has 2 aliphatic rings. The van der Waals surface area contributed by atoms with Gasteiger partial charge in [0, 0.05) is 49.0 Å². The van der Waals surface area contributed by atoms with Crippen molar-refractivity contribution in [1.82, 2.24) is 10.6 Å². The van der Waals surface area contributed by atoms with Gasteiger partial charge in [0.25, 0.3) is 5.69 Å². The highest BCUT2D eigenvalue weighted by molar-refractivity contribution is 5.79. The van der Waals surface area contributed by atoms with Gasteiger partial charge in [-0.1, -0.05) is 25.0 Å². The topological polar surface area (TPSA) is 96.7 Å². The number of rotatable bonds is 8. The molecule has 3 atom stereocenters. The fraction of sp³-hybridized carbons (Fsp3) is 0.500. The van der Waals surface area contributed by atoms with Gasteiger partial charge in [0.1, 0.15) is 5.75 Å². The monoisotopic (exact) mass is 466 g/mol. The van der Waals surface area contributed by atoms with Gasteiger partial charge < -0.3 is 20.3 Å². The number of carbonyl (C=O) groups excluding carboxylic acids is 1. The van der Waals surface area contributed by atoms with Gasteiger partial charge in [-0.05, 0) is 55.5 Å². The number of nitro groups is 1. The number of nitro benzene ring substituents is 1. The summed E-state index contributed by atoms with van der Waals surface area (Å²) in [5.41, 5.74) is 2.11. The van der Waals surface area contributed by atoms with Crippen LogP contribution in [0.1, 0.15) is 44.1 Å². The first-order valence-corrected chi connectivity index (χ1v) is 12.2. The van der Waals surface area contributed by atoms with Crippen molar-refractivity contribution in [2.24, 2.45) is 0 Å². The molecule has 8 nitrogen and oxygen atoms in total.